The molecule has 7 heteroatoms. The van der Waals surface area contributed by atoms with Crippen LogP contribution in [0.5, 0.6) is 5.75 Å². The van der Waals surface area contributed by atoms with Crippen molar-refractivity contribution in [1.82, 2.24) is 4.98 Å². The Bertz CT molecular complexity index is 685. The number of aromatic nitrogens is 1. The van der Waals surface area contributed by atoms with E-state index < -0.39 is 0 Å². The third-order valence-electron chi connectivity index (χ3n) is 4.32. The summed E-state index contributed by atoms with van der Waals surface area (Å²) in [5.41, 5.74) is 7.73. The summed E-state index contributed by atoms with van der Waals surface area (Å²) in [6.45, 7) is 0.447. The molecule has 26 heavy (non-hydrogen) atoms. The number of benzene rings is 1. The fourth-order valence-electron chi connectivity index (χ4n) is 3.02. The van der Waals surface area contributed by atoms with Gasteiger partial charge in [-0.15, -0.1) is 24.8 Å². The molecule has 1 saturated carbocycles. The van der Waals surface area contributed by atoms with Gasteiger partial charge < -0.3 is 15.8 Å². The van der Waals surface area contributed by atoms with Gasteiger partial charge in [0.1, 0.15) is 12.4 Å². The molecule has 1 aromatic carbocycles. The lowest BCUT2D eigenvalue weighted by Crippen LogP contribution is -2.34. The first-order valence-corrected chi connectivity index (χ1v) is 8.39. The number of pyridine rings is 1. The van der Waals surface area contributed by atoms with Crippen LogP contribution < -0.4 is 15.8 Å². The van der Waals surface area contributed by atoms with E-state index in [4.69, 9.17) is 10.5 Å². The van der Waals surface area contributed by atoms with Crippen molar-refractivity contribution in [2.75, 3.05) is 5.32 Å². The molecule has 1 aromatic heterocycles. The third-order valence-corrected chi connectivity index (χ3v) is 4.32. The lowest BCUT2D eigenvalue weighted by molar-refractivity contribution is -0.120. The molecule has 1 fully saturated rings. The molecular weight excluding hydrogens is 373 g/mol. The molecule has 2 unspecified atom stereocenters. The first kappa shape index (κ1) is 22.2. The molecule has 3 N–H and O–H groups in total. The Balaban J connectivity index is 0.00000169. The first-order chi connectivity index (χ1) is 11.7. The highest BCUT2D eigenvalue weighted by atomic mass is 35.5. The van der Waals surface area contributed by atoms with Crippen molar-refractivity contribution in [1.29, 1.82) is 0 Å². The summed E-state index contributed by atoms with van der Waals surface area (Å²) < 4.78 is 5.77. The van der Waals surface area contributed by atoms with Crippen molar-refractivity contribution in [2.45, 2.75) is 38.3 Å². The molecule has 1 aliphatic rings. The van der Waals surface area contributed by atoms with E-state index in [0.29, 0.717) is 6.61 Å². The van der Waals surface area contributed by atoms with Crippen molar-refractivity contribution >= 4 is 36.4 Å². The summed E-state index contributed by atoms with van der Waals surface area (Å²) in [5.74, 6) is 0.778. The minimum atomic E-state index is 0. The van der Waals surface area contributed by atoms with Gasteiger partial charge in [0.25, 0.3) is 0 Å². The number of nitrogens with one attached hydrogen (secondary N) is 1. The van der Waals surface area contributed by atoms with Crippen LogP contribution in [0.3, 0.4) is 0 Å². The zero-order valence-electron chi connectivity index (χ0n) is 14.5. The van der Waals surface area contributed by atoms with Gasteiger partial charge in [-0.3, -0.25) is 9.78 Å². The molecule has 5 nitrogen and oxygen atoms in total. The molecule has 1 heterocycles. The molecule has 142 valence electrons. The summed E-state index contributed by atoms with van der Waals surface area (Å²) in [6.07, 6.45) is 7.23. The number of nitrogens with zero attached hydrogens (tertiary/aromatic N) is 1. The largest absolute Gasteiger partial charge is 0.489 e. The van der Waals surface area contributed by atoms with Crippen LogP contribution in [0.15, 0.2) is 48.8 Å². The average molecular weight is 398 g/mol. The average Bonchev–Trinajstić information content (AvgIpc) is 2.61. The minimum Gasteiger partial charge on any atom is -0.489 e. The quantitative estimate of drug-likeness (QED) is 0.799. The number of carbonyl (C=O) groups excluding carboxylic acids is 1. The lowest BCUT2D eigenvalue weighted by Gasteiger charge is -2.25. The highest BCUT2D eigenvalue weighted by molar-refractivity contribution is 5.92. The Morgan fingerprint density at radius 1 is 1.23 bits per heavy atom. The van der Waals surface area contributed by atoms with E-state index >= 15 is 0 Å². The van der Waals surface area contributed by atoms with Crippen molar-refractivity contribution < 1.29 is 9.53 Å². The van der Waals surface area contributed by atoms with E-state index in [9.17, 15) is 4.79 Å². The van der Waals surface area contributed by atoms with Crippen LogP contribution in [0.1, 0.15) is 31.2 Å². The van der Waals surface area contributed by atoms with Crippen molar-refractivity contribution in [2.24, 2.45) is 11.7 Å². The van der Waals surface area contributed by atoms with E-state index in [-0.39, 0.29) is 42.7 Å². The van der Waals surface area contributed by atoms with Gasteiger partial charge in [0.15, 0.2) is 0 Å². The molecule has 1 amide bonds. The van der Waals surface area contributed by atoms with Crippen molar-refractivity contribution in [3.05, 3.63) is 54.4 Å². The third kappa shape index (κ3) is 6.48. The topological polar surface area (TPSA) is 77.2 Å². The maximum absolute atomic E-state index is 12.4. The van der Waals surface area contributed by atoms with Gasteiger partial charge in [-0.1, -0.05) is 18.6 Å². The van der Waals surface area contributed by atoms with Crippen molar-refractivity contribution in [3.63, 3.8) is 0 Å². The number of anilines is 1. The minimum absolute atomic E-state index is 0. The normalized spacial score (nSPS) is 18.8. The second-order valence-corrected chi connectivity index (χ2v) is 6.29. The van der Waals surface area contributed by atoms with E-state index in [1.54, 1.807) is 12.4 Å². The Kier molecular flexibility index (Phi) is 9.41. The Morgan fingerprint density at radius 2 is 2.08 bits per heavy atom. The van der Waals surface area contributed by atoms with Gasteiger partial charge in [-0.05, 0) is 37.5 Å². The van der Waals surface area contributed by atoms with Gasteiger partial charge >= 0.3 is 0 Å². The highest BCUT2D eigenvalue weighted by Crippen LogP contribution is 2.25. The predicted octanol–water partition coefficient (Wildman–Crippen LogP) is 3.96. The second-order valence-electron chi connectivity index (χ2n) is 6.29. The second kappa shape index (κ2) is 11.0. The molecule has 2 atom stereocenters. The van der Waals surface area contributed by atoms with Crippen LogP contribution in [-0.4, -0.2) is 16.9 Å². The summed E-state index contributed by atoms with van der Waals surface area (Å²) in [7, 11) is 0. The first-order valence-electron chi connectivity index (χ1n) is 8.39. The fourth-order valence-corrected chi connectivity index (χ4v) is 3.02. The maximum atomic E-state index is 12.4. The van der Waals surface area contributed by atoms with Crippen LogP contribution in [0.2, 0.25) is 0 Å². The van der Waals surface area contributed by atoms with Crippen LogP contribution >= 0.6 is 24.8 Å². The Morgan fingerprint density at radius 3 is 2.81 bits per heavy atom. The zero-order valence-corrected chi connectivity index (χ0v) is 16.1. The molecular formula is C19H25Cl2N3O2. The Hall–Kier alpha value is -1.82. The van der Waals surface area contributed by atoms with Crippen LogP contribution in [0.25, 0.3) is 0 Å². The highest BCUT2D eigenvalue weighted by Gasteiger charge is 2.25. The number of ether oxygens (including phenoxy) is 1. The fraction of sp³-hybridized carbons (Fsp3) is 0.368. The van der Waals surface area contributed by atoms with Crippen LogP contribution in [0, 0.1) is 5.92 Å². The lowest BCUT2D eigenvalue weighted by atomic mass is 9.85. The van der Waals surface area contributed by atoms with Gasteiger partial charge in [0.2, 0.25) is 5.91 Å². The van der Waals surface area contributed by atoms with E-state index in [2.05, 4.69) is 10.3 Å². The van der Waals surface area contributed by atoms with E-state index in [1.165, 1.54) is 0 Å². The number of amides is 1. The van der Waals surface area contributed by atoms with Gasteiger partial charge in [-0.2, -0.15) is 0 Å². The van der Waals surface area contributed by atoms with Gasteiger partial charge in [0, 0.05) is 41.7 Å². The molecule has 3 rings (SSSR count). The predicted molar refractivity (Wildman–Crippen MR) is 108 cm³/mol. The number of halogens is 2. The molecule has 2 aromatic rings. The number of nitrogens with two attached hydrogens (primary N) is 1. The van der Waals surface area contributed by atoms with E-state index in [1.807, 2.05) is 36.4 Å². The van der Waals surface area contributed by atoms with Crippen LogP contribution in [0.4, 0.5) is 5.69 Å². The number of carbonyl (C=O) groups is 1. The molecule has 0 spiro atoms. The summed E-state index contributed by atoms with van der Waals surface area (Å²) in [6, 6.07) is 11.5. The standard InChI is InChI=1S/C19H23N3O2.2ClH/c20-16-6-1-5-15(10-16)19(23)22-17-7-2-8-18(11-17)24-13-14-4-3-9-21-12-14;;/h2-4,7-9,11-12,15-16H,1,5-6,10,13,20H2,(H,22,23);2*1H. The van der Waals surface area contributed by atoms with Gasteiger partial charge in [0.05, 0.1) is 0 Å². The smallest absolute Gasteiger partial charge is 0.227 e. The number of hydrogen-bond acceptors (Lipinski definition) is 4. The number of rotatable bonds is 5. The Labute approximate surface area is 166 Å². The molecule has 0 bridgehead atoms. The number of hydrogen-bond donors (Lipinski definition) is 2. The maximum Gasteiger partial charge on any atom is 0.227 e. The summed E-state index contributed by atoms with van der Waals surface area (Å²) in [4.78, 5) is 16.5. The van der Waals surface area contributed by atoms with Gasteiger partial charge in [-0.25, -0.2) is 0 Å². The molecule has 0 aliphatic heterocycles. The SMILES string of the molecule is Cl.Cl.NC1CCCC(C(=O)Nc2cccc(OCc3cccnc3)c2)C1. The summed E-state index contributed by atoms with van der Waals surface area (Å²) >= 11 is 0. The summed E-state index contributed by atoms with van der Waals surface area (Å²) in [5, 5.41) is 2.98. The molecule has 1 aliphatic carbocycles. The molecule has 0 saturated heterocycles. The van der Waals surface area contributed by atoms with E-state index in [0.717, 1.165) is 42.7 Å². The molecule has 0 radical (unpaired) electrons. The monoisotopic (exact) mass is 397 g/mol. The van der Waals surface area contributed by atoms with Crippen molar-refractivity contribution in [3.8, 4) is 5.75 Å². The van der Waals surface area contributed by atoms with Crippen LogP contribution in [-0.2, 0) is 11.4 Å². The zero-order chi connectivity index (χ0) is 16.8.